The van der Waals surface area contributed by atoms with E-state index in [4.69, 9.17) is 9.15 Å². The highest BCUT2D eigenvalue weighted by molar-refractivity contribution is 5.86. The van der Waals surface area contributed by atoms with Gasteiger partial charge in [-0.05, 0) is 44.2 Å². The number of nitro groups is 1. The van der Waals surface area contributed by atoms with Gasteiger partial charge in [0.1, 0.15) is 11.5 Å². The first kappa shape index (κ1) is 15.5. The summed E-state index contributed by atoms with van der Waals surface area (Å²) in [5.74, 6) is 0.615. The van der Waals surface area contributed by atoms with Crippen molar-refractivity contribution in [2.45, 2.75) is 20.0 Å². The van der Waals surface area contributed by atoms with E-state index >= 15 is 0 Å². The van der Waals surface area contributed by atoms with E-state index < -0.39 is 10.9 Å². The third-order valence-electron chi connectivity index (χ3n) is 2.72. The Balaban J connectivity index is 2.09. The van der Waals surface area contributed by atoms with Crippen molar-refractivity contribution in [2.75, 3.05) is 0 Å². The zero-order chi connectivity index (χ0) is 16.1. The summed E-state index contributed by atoms with van der Waals surface area (Å²) in [6, 6.07) is 9.47. The van der Waals surface area contributed by atoms with Crippen LogP contribution in [0.15, 0.2) is 46.9 Å². The van der Waals surface area contributed by atoms with E-state index in [0.717, 1.165) is 5.56 Å². The summed E-state index contributed by atoms with van der Waals surface area (Å²) >= 11 is 0. The molecule has 22 heavy (non-hydrogen) atoms. The minimum Gasteiger partial charge on any atom is -0.460 e. The maximum Gasteiger partial charge on any atom is 0.331 e. The molecule has 0 saturated heterocycles. The Morgan fingerprint density at radius 1 is 1.23 bits per heavy atom. The van der Waals surface area contributed by atoms with E-state index in [1.54, 1.807) is 38.1 Å². The van der Waals surface area contributed by atoms with Crippen molar-refractivity contribution in [2.24, 2.45) is 0 Å². The van der Waals surface area contributed by atoms with E-state index in [2.05, 4.69) is 0 Å². The average Bonchev–Trinajstić information content (AvgIpc) is 2.93. The molecule has 0 aliphatic heterocycles. The maximum absolute atomic E-state index is 11.4. The molecule has 0 unspecified atom stereocenters. The first-order valence-corrected chi connectivity index (χ1v) is 6.69. The van der Waals surface area contributed by atoms with Crippen LogP contribution < -0.4 is 0 Å². The minimum absolute atomic E-state index is 0.0202. The summed E-state index contributed by atoms with van der Waals surface area (Å²) < 4.78 is 10.5. The van der Waals surface area contributed by atoms with Crippen LogP contribution >= 0.6 is 0 Å². The lowest BCUT2D eigenvalue weighted by atomic mass is 10.1. The molecular formula is C16H15NO5. The van der Waals surface area contributed by atoms with Gasteiger partial charge in [-0.15, -0.1) is 0 Å². The van der Waals surface area contributed by atoms with E-state index in [1.807, 2.05) is 0 Å². The number of benzene rings is 1. The normalized spacial score (nSPS) is 11.0. The molecule has 1 heterocycles. The topological polar surface area (TPSA) is 82.6 Å². The molecular weight excluding hydrogens is 286 g/mol. The second kappa shape index (κ2) is 6.71. The van der Waals surface area contributed by atoms with Gasteiger partial charge in [-0.2, -0.15) is 0 Å². The van der Waals surface area contributed by atoms with Crippen LogP contribution in [0, 0.1) is 10.1 Å². The smallest absolute Gasteiger partial charge is 0.331 e. The molecule has 0 N–H and O–H groups in total. The van der Waals surface area contributed by atoms with E-state index in [0.29, 0.717) is 11.5 Å². The van der Waals surface area contributed by atoms with Crippen molar-refractivity contribution in [3.63, 3.8) is 0 Å². The summed E-state index contributed by atoms with van der Waals surface area (Å²) in [7, 11) is 0. The molecule has 2 rings (SSSR count). The van der Waals surface area contributed by atoms with Gasteiger partial charge >= 0.3 is 5.97 Å². The van der Waals surface area contributed by atoms with Gasteiger partial charge < -0.3 is 9.15 Å². The van der Waals surface area contributed by atoms with Crippen molar-refractivity contribution in [1.29, 1.82) is 0 Å². The first-order valence-electron chi connectivity index (χ1n) is 6.69. The Labute approximate surface area is 127 Å². The Hall–Kier alpha value is -2.89. The highest BCUT2D eigenvalue weighted by Crippen LogP contribution is 2.24. The monoisotopic (exact) mass is 301 g/mol. The fourth-order valence-electron chi connectivity index (χ4n) is 1.77. The number of rotatable bonds is 5. The molecule has 0 amide bonds. The number of esters is 1. The molecule has 0 saturated carbocycles. The Morgan fingerprint density at radius 3 is 2.50 bits per heavy atom. The molecule has 0 aliphatic rings. The highest BCUT2D eigenvalue weighted by atomic mass is 16.6. The lowest BCUT2D eigenvalue weighted by Gasteiger charge is -2.03. The van der Waals surface area contributed by atoms with Crippen molar-refractivity contribution in [3.05, 3.63) is 58.3 Å². The molecule has 1 aromatic carbocycles. The zero-order valence-electron chi connectivity index (χ0n) is 12.2. The molecule has 6 heteroatoms. The molecule has 2 aromatic rings. The van der Waals surface area contributed by atoms with Gasteiger partial charge in [0, 0.05) is 23.8 Å². The highest BCUT2D eigenvalue weighted by Gasteiger charge is 2.08. The quantitative estimate of drug-likeness (QED) is 0.363. The second-order valence-electron chi connectivity index (χ2n) is 4.82. The molecule has 0 spiro atoms. The van der Waals surface area contributed by atoms with Gasteiger partial charge in [-0.3, -0.25) is 10.1 Å². The van der Waals surface area contributed by atoms with Gasteiger partial charge in [0.2, 0.25) is 0 Å². The fourth-order valence-corrected chi connectivity index (χ4v) is 1.77. The summed E-state index contributed by atoms with van der Waals surface area (Å²) in [5, 5.41) is 10.6. The summed E-state index contributed by atoms with van der Waals surface area (Å²) in [4.78, 5) is 21.5. The van der Waals surface area contributed by atoms with Gasteiger partial charge in [-0.25, -0.2) is 4.79 Å². The van der Waals surface area contributed by atoms with Crippen molar-refractivity contribution < 1.29 is 18.9 Å². The van der Waals surface area contributed by atoms with Crippen LogP contribution in [0.25, 0.3) is 17.4 Å². The van der Waals surface area contributed by atoms with Crippen LogP contribution in [0.5, 0.6) is 0 Å². The third kappa shape index (κ3) is 4.05. The summed E-state index contributed by atoms with van der Waals surface area (Å²) in [6.45, 7) is 3.54. The molecule has 114 valence electrons. The SMILES string of the molecule is CC(C)OC(=O)/C=C/c1ccc(-c2ccc([N+](=O)[O-])cc2)o1. The van der Waals surface area contributed by atoms with Gasteiger partial charge in [0.05, 0.1) is 11.0 Å². The minimum atomic E-state index is -0.458. The number of carbonyl (C=O) groups is 1. The standard InChI is InChI=1S/C16H15NO5/c1-11(2)21-16(18)10-8-14-7-9-15(22-14)12-3-5-13(6-4-12)17(19)20/h3-11H,1-2H3/b10-8+. The molecule has 0 aliphatic carbocycles. The van der Waals surface area contributed by atoms with E-state index in [9.17, 15) is 14.9 Å². The maximum atomic E-state index is 11.4. The number of furan rings is 1. The van der Waals surface area contributed by atoms with Crippen LogP contribution in [-0.4, -0.2) is 17.0 Å². The van der Waals surface area contributed by atoms with Gasteiger partial charge in [0.25, 0.3) is 5.69 Å². The summed E-state index contributed by atoms with van der Waals surface area (Å²) in [5.41, 5.74) is 0.738. The van der Waals surface area contributed by atoms with E-state index in [-0.39, 0.29) is 11.8 Å². The lowest BCUT2D eigenvalue weighted by molar-refractivity contribution is -0.384. The Morgan fingerprint density at radius 2 is 1.91 bits per heavy atom. The largest absolute Gasteiger partial charge is 0.460 e. The summed E-state index contributed by atoms with van der Waals surface area (Å²) in [6.07, 6.45) is 2.63. The number of nitrogens with zero attached hydrogens (tertiary/aromatic N) is 1. The Bertz CT molecular complexity index is 698. The molecule has 0 radical (unpaired) electrons. The first-order chi connectivity index (χ1) is 10.5. The number of hydrogen-bond acceptors (Lipinski definition) is 5. The van der Waals surface area contributed by atoms with Gasteiger partial charge in [-0.1, -0.05) is 0 Å². The number of hydrogen-bond donors (Lipinski definition) is 0. The van der Waals surface area contributed by atoms with Crippen molar-refractivity contribution in [3.8, 4) is 11.3 Å². The molecule has 6 nitrogen and oxygen atoms in total. The molecule has 0 atom stereocenters. The lowest BCUT2D eigenvalue weighted by Crippen LogP contribution is -2.08. The number of ether oxygens (including phenoxy) is 1. The fraction of sp³-hybridized carbons (Fsp3) is 0.188. The van der Waals surface area contributed by atoms with E-state index in [1.165, 1.54) is 24.3 Å². The van der Waals surface area contributed by atoms with Crippen molar-refractivity contribution in [1.82, 2.24) is 0 Å². The van der Waals surface area contributed by atoms with Crippen LogP contribution in [0.4, 0.5) is 5.69 Å². The number of non-ortho nitro benzene ring substituents is 1. The van der Waals surface area contributed by atoms with Gasteiger partial charge in [0.15, 0.2) is 0 Å². The number of nitro benzene ring substituents is 1. The molecule has 0 fully saturated rings. The molecule has 1 aromatic heterocycles. The third-order valence-corrected chi connectivity index (χ3v) is 2.72. The predicted octanol–water partition coefficient (Wildman–Crippen LogP) is 3.82. The van der Waals surface area contributed by atoms with Crippen molar-refractivity contribution >= 4 is 17.7 Å². The predicted molar refractivity (Wildman–Crippen MR) is 81.1 cm³/mol. The second-order valence-corrected chi connectivity index (χ2v) is 4.82. The van der Waals surface area contributed by atoms with Crippen LogP contribution in [0.3, 0.4) is 0 Å². The average molecular weight is 301 g/mol. The van der Waals surface area contributed by atoms with Crippen LogP contribution in [0.2, 0.25) is 0 Å². The number of carbonyl (C=O) groups excluding carboxylic acids is 1. The molecule has 0 bridgehead atoms. The Kier molecular flexibility index (Phi) is 4.73. The van der Waals surface area contributed by atoms with Crippen LogP contribution in [-0.2, 0) is 9.53 Å². The zero-order valence-corrected chi connectivity index (χ0v) is 12.2. The van der Waals surface area contributed by atoms with Crippen LogP contribution in [0.1, 0.15) is 19.6 Å².